The van der Waals surface area contributed by atoms with E-state index < -0.39 is 0 Å². The molecule has 17 heavy (non-hydrogen) atoms. The van der Waals surface area contributed by atoms with Gasteiger partial charge in [-0.15, -0.1) is 0 Å². The fraction of sp³-hybridized carbons (Fsp3) is 0.333. The molecule has 0 spiro atoms. The first-order valence-electron chi connectivity index (χ1n) is 6.17. The van der Waals surface area contributed by atoms with Crippen molar-refractivity contribution >= 4 is 5.69 Å². The fourth-order valence-corrected chi connectivity index (χ4v) is 2.27. The van der Waals surface area contributed by atoms with E-state index in [-0.39, 0.29) is 0 Å². The number of hydrogen-bond acceptors (Lipinski definition) is 1. The lowest BCUT2D eigenvalue weighted by atomic mass is 10.2. The van der Waals surface area contributed by atoms with Gasteiger partial charge in [-0.1, -0.05) is 19.4 Å². The monoisotopic (exact) mass is 228 g/mol. The van der Waals surface area contributed by atoms with E-state index in [1.54, 1.807) is 0 Å². The molecule has 0 saturated carbocycles. The number of nitrogen functional groups attached to an aromatic ring is 1. The van der Waals surface area contributed by atoms with E-state index in [2.05, 4.69) is 49.6 Å². The number of hydrogen-bond donors (Lipinski definition) is 1. The molecule has 1 aromatic heterocycles. The summed E-state index contributed by atoms with van der Waals surface area (Å²) in [6, 6.07) is 10.6. The molecule has 0 aliphatic heterocycles. The summed E-state index contributed by atoms with van der Waals surface area (Å²) in [6.45, 7) is 6.39. The van der Waals surface area contributed by atoms with Crippen LogP contribution in [0.5, 0.6) is 0 Å². The SMILES string of the molecule is CCCc1ccc(C)n1-c1ccc(C)cc1N. The molecule has 2 aromatic rings. The average Bonchev–Trinajstić information content (AvgIpc) is 2.62. The van der Waals surface area contributed by atoms with Gasteiger partial charge < -0.3 is 10.3 Å². The van der Waals surface area contributed by atoms with Gasteiger partial charge in [-0.25, -0.2) is 0 Å². The first kappa shape index (κ1) is 11.8. The summed E-state index contributed by atoms with van der Waals surface area (Å²) in [4.78, 5) is 0. The van der Waals surface area contributed by atoms with Crippen LogP contribution in [0.25, 0.3) is 5.69 Å². The molecule has 0 amide bonds. The normalized spacial score (nSPS) is 10.8. The fourth-order valence-electron chi connectivity index (χ4n) is 2.27. The third-order valence-electron chi connectivity index (χ3n) is 3.09. The molecular weight excluding hydrogens is 208 g/mol. The average molecular weight is 228 g/mol. The second-order valence-electron chi connectivity index (χ2n) is 4.61. The Morgan fingerprint density at radius 3 is 2.53 bits per heavy atom. The van der Waals surface area contributed by atoms with Gasteiger partial charge in [0, 0.05) is 11.4 Å². The van der Waals surface area contributed by atoms with E-state index in [9.17, 15) is 0 Å². The molecule has 0 fully saturated rings. The summed E-state index contributed by atoms with van der Waals surface area (Å²) in [5.41, 5.74) is 11.8. The number of anilines is 1. The van der Waals surface area contributed by atoms with Crippen LogP contribution < -0.4 is 5.73 Å². The lowest BCUT2D eigenvalue weighted by Crippen LogP contribution is -2.05. The summed E-state index contributed by atoms with van der Waals surface area (Å²) in [5.74, 6) is 0. The Labute approximate surface area is 103 Å². The van der Waals surface area contributed by atoms with Crippen LogP contribution in [0.1, 0.15) is 30.3 Å². The quantitative estimate of drug-likeness (QED) is 0.799. The molecule has 2 N–H and O–H groups in total. The first-order valence-corrected chi connectivity index (χ1v) is 6.17. The van der Waals surface area contributed by atoms with Crippen LogP contribution in [0.15, 0.2) is 30.3 Å². The van der Waals surface area contributed by atoms with Crippen LogP contribution in [0.3, 0.4) is 0 Å². The summed E-state index contributed by atoms with van der Waals surface area (Å²) in [7, 11) is 0. The topological polar surface area (TPSA) is 30.9 Å². The Hall–Kier alpha value is -1.70. The first-order chi connectivity index (χ1) is 8.13. The maximum Gasteiger partial charge on any atom is 0.0685 e. The minimum absolute atomic E-state index is 0.849. The largest absolute Gasteiger partial charge is 0.397 e. The number of benzene rings is 1. The van der Waals surface area contributed by atoms with Crippen molar-refractivity contribution in [2.75, 3.05) is 5.73 Å². The molecular formula is C15H20N2. The minimum atomic E-state index is 0.849. The van der Waals surface area contributed by atoms with Crippen molar-refractivity contribution in [3.8, 4) is 5.69 Å². The van der Waals surface area contributed by atoms with Gasteiger partial charge in [0.25, 0.3) is 0 Å². The van der Waals surface area contributed by atoms with E-state index in [1.807, 2.05) is 6.07 Å². The third-order valence-corrected chi connectivity index (χ3v) is 3.09. The van der Waals surface area contributed by atoms with Gasteiger partial charge in [0.2, 0.25) is 0 Å². The summed E-state index contributed by atoms with van der Waals surface area (Å²) >= 11 is 0. The van der Waals surface area contributed by atoms with Crippen molar-refractivity contribution < 1.29 is 0 Å². The zero-order chi connectivity index (χ0) is 12.4. The Kier molecular flexibility index (Phi) is 3.23. The van der Waals surface area contributed by atoms with E-state index >= 15 is 0 Å². The molecule has 1 heterocycles. The van der Waals surface area contributed by atoms with Gasteiger partial charge in [-0.05, 0) is 50.1 Å². The molecule has 90 valence electrons. The third kappa shape index (κ3) is 2.21. The molecule has 0 radical (unpaired) electrons. The van der Waals surface area contributed by atoms with Crippen LogP contribution in [-0.2, 0) is 6.42 Å². The number of nitrogens with two attached hydrogens (primary N) is 1. The molecule has 0 bridgehead atoms. The smallest absolute Gasteiger partial charge is 0.0685 e. The standard InChI is InChI=1S/C15H20N2/c1-4-5-13-8-7-12(3)17(13)15-9-6-11(2)10-14(15)16/h6-10H,4-5,16H2,1-3H3. The number of aryl methyl sites for hydroxylation is 3. The zero-order valence-corrected chi connectivity index (χ0v) is 10.8. The predicted molar refractivity (Wildman–Crippen MR) is 73.7 cm³/mol. The van der Waals surface area contributed by atoms with Crippen LogP contribution in [0.4, 0.5) is 5.69 Å². The van der Waals surface area contributed by atoms with E-state index in [0.717, 1.165) is 24.2 Å². The number of nitrogens with zero attached hydrogens (tertiary/aromatic N) is 1. The molecule has 1 aromatic carbocycles. The van der Waals surface area contributed by atoms with Crippen LogP contribution in [0.2, 0.25) is 0 Å². The van der Waals surface area contributed by atoms with Crippen molar-refractivity contribution in [1.29, 1.82) is 0 Å². The zero-order valence-electron chi connectivity index (χ0n) is 10.8. The highest BCUT2D eigenvalue weighted by atomic mass is 15.0. The van der Waals surface area contributed by atoms with Crippen LogP contribution in [-0.4, -0.2) is 4.57 Å². The van der Waals surface area contributed by atoms with Crippen LogP contribution in [0, 0.1) is 13.8 Å². The van der Waals surface area contributed by atoms with Crippen molar-refractivity contribution in [3.05, 3.63) is 47.3 Å². The van der Waals surface area contributed by atoms with Gasteiger partial charge in [-0.2, -0.15) is 0 Å². The molecule has 0 atom stereocenters. The Bertz CT molecular complexity index is 524. The van der Waals surface area contributed by atoms with Crippen molar-refractivity contribution in [1.82, 2.24) is 4.57 Å². The molecule has 0 aliphatic rings. The van der Waals surface area contributed by atoms with Gasteiger partial charge in [0.05, 0.1) is 11.4 Å². The van der Waals surface area contributed by atoms with Gasteiger partial charge in [-0.3, -0.25) is 0 Å². The molecule has 2 nitrogen and oxygen atoms in total. The molecule has 0 saturated heterocycles. The van der Waals surface area contributed by atoms with E-state index in [4.69, 9.17) is 5.73 Å². The Balaban J connectivity index is 2.55. The summed E-state index contributed by atoms with van der Waals surface area (Å²) < 4.78 is 2.26. The second-order valence-corrected chi connectivity index (χ2v) is 4.61. The lowest BCUT2D eigenvalue weighted by molar-refractivity contribution is 0.831. The highest BCUT2D eigenvalue weighted by molar-refractivity contribution is 5.60. The van der Waals surface area contributed by atoms with Crippen molar-refractivity contribution in [3.63, 3.8) is 0 Å². The Morgan fingerprint density at radius 1 is 1.12 bits per heavy atom. The maximum absolute atomic E-state index is 6.13. The predicted octanol–water partition coefficient (Wildman–Crippen LogP) is 3.63. The maximum atomic E-state index is 6.13. The summed E-state index contributed by atoms with van der Waals surface area (Å²) in [5, 5.41) is 0. The summed E-state index contributed by atoms with van der Waals surface area (Å²) in [6.07, 6.45) is 2.23. The Morgan fingerprint density at radius 2 is 1.88 bits per heavy atom. The van der Waals surface area contributed by atoms with Crippen molar-refractivity contribution in [2.24, 2.45) is 0 Å². The van der Waals surface area contributed by atoms with Crippen LogP contribution >= 0.6 is 0 Å². The molecule has 2 heteroatoms. The highest BCUT2D eigenvalue weighted by Gasteiger charge is 2.09. The van der Waals surface area contributed by atoms with Crippen molar-refractivity contribution in [2.45, 2.75) is 33.6 Å². The highest BCUT2D eigenvalue weighted by Crippen LogP contribution is 2.24. The van der Waals surface area contributed by atoms with E-state index in [0.29, 0.717) is 0 Å². The second kappa shape index (κ2) is 4.66. The minimum Gasteiger partial charge on any atom is -0.397 e. The molecule has 0 unspecified atom stereocenters. The molecule has 2 rings (SSSR count). The van der Waals surface area contributed by atoms with Gasteiger partial charge >= 0.3 is 0 Å². The van der Waals surface area contributed by atoms with Gasteiger partial charge in [0.1, 0.15) is 0 Å². The number of aromatic nitrogens is 1. The van der Waals surface area contributed by atoms with Gasteiger partial charge in [0.15, 0.2) is 0 Å². The molecule has 0 aliphatic carbocycles. The number of rotatable bonds is 3. The van der Waals surface area contributed by atoms with E-state index in [1.165, 1.54) is 17.0 Å². The lowest BCUT2D eigenvalue weighted by Gasteiger charge is -2.14.